The van der Waals surface area contributed by atoms with Crippen LogP contribution in [0.15, 0.2) is 152 Å². The maximum absolute atomic E-state index is 7.64. The fourth-order valence-electron chi connectivity index (χ4n) is 8.11. The van der Waals surface area contributed by atoms with Gasteiger partial charge >= 0.3 is 0 Å². The highest BCUT2D eigenvalue weighted by atomic mass is 15.0. The number of benzene rings is 9. The highest BCUT2D eigenvalue weighted by molar-refractivity contribution is 6.38. The van der Waals surface area contributed by atoms with E-state index in [0.717, 1.165) is 22.2 Å². The number of hydrogen-bond acceptors (Lipinski definition) is 0. The van der Waals surface area contributed by atoms with Gasteiger partial charge in [0.1, 0.15) is 0 Å². The van der Waals surface area contributed by atoms with Crippen molar-refractivity contribution in [3.8, 4) is 16.8 Å². The zero-order valence-corrected chi connectivity index (χ0v) is 26.3. The first kappa shape index (κ1) is 27.2. The first-order valence-electron chi connectivity index (χ1n) is 16.3. The van der Waals surface area contributed by atoms with E-state index in [2.05, 4.69) is 148 Å². The summed E-state index contributed by atoms with van der Waals surface area (Å²) in [5.41, 5.74) is 6.33. The third kappa shape index (κ3) is 3.82. The van der Waals surface area contributed by atoms with Gasteiger partial charge < -0.3 is 4.57 Å². The summed E-state index contributed by atoms with van der Waals surface area (Å²) in [5, 5.41) is 14.6. The molecule has 3 heteroatoms. The number of fused-ring (bicyclic) bond motifs is 15. The van der Waals surface area contributed by atoms with Crippen LogP contribution in [0.2, 0.25) is 0 Å². The van der Waals surface area contributed by atoms with Gasteiger partial charge in [-0.15, -0.1) is 0 Å². The van der Waals surface area contributed by atoms with E-state index in [1.165, 1.54) is 70.3 Å². The Morgan fingerprint density at radius 3 is 1.45 bits per heavy atom. The standard InChI is InChI=1S/C46H25N3/c1-47-30-24-29(25-31(27-30)48-2)28-20-21-39-42(26-28)36-17-7-6-15-34(36)38-22-23-41-44-37-18-10-8-14-33(37)35-16-9-11-19-40(35)45(44)49(46(41)43(38)39)32-12-4-3-5-13-32/h3-27H. The normalized spacial score (nSPS) is 11.6. The molecule has 0 amide bonds. The molecule has 0 aliphatic rings. The van der Waals surface area contributed by atoms with Crippen molar-refractivity contribution in [3.05, 3.63) is 174 Å². The van der Waals surface area contributed by atoms with Crippen LogP contribution in [0.5, 0.6) is 0 Å². The van der Waals surface area contributed by atoms with Crippen LogP contribution in [0.3, 0.4) is 0 Å². The Balaban J connectivity index is 1.46. The monoisotopic (exact) mass is 619 g/mol. The summed E-state index contributed by atoms with van der Waals surface area (Å²) in [6.45, 7) is 15.3. The number of para-hydroxylation sites is 1. The van der Waals surface area contributed by atoms with E-state index in [1.807, 2.05) is 12.1 Å². The van der Waals surface area contributed by atoms with Crippen molar-refractivity contribution >= 4 is 87.0 Å². The second-order valence-corrected chi connectivity index (χ2v) is 12.6. The highest BCUT2D eigenvalue weighted by Gasteiger charge is 2.22. The molecular weight excluding hydrogens is 595 g/mol. The topological polar surface area (TPSA) is 13.7 Å². The SMILES string of the molecule is [C-]#[N+]c1cc([N+]#[C-])cc(-c2ccc3c(c2)c2ccccc2c2ccc4c5c6ccccc6c6ccccc6c5n(-c5ccccc5)c4c23)c1. The van der Waals surface area contributed by atoms with Crippen LogP contribution in [0, 0.1) is 13.1 Å². The average Bonchev–Trinajstić information content (AvgIpc) is 3.54. The Morgan fingerprint density at radius 1 is 0.347 bits per heavy atom. The minimum absolute atomic E-state index is 0.473. The Kier molecular flexibility index (Phi) is 5.71. The van der Waals surface area contributed by atoms with E-state index < -0.39 is 0 Å². The lowest BCUT2D eigenvalue weighted by Crippen LogP contribution is -1.96. The minimum Gasteiger partial charge on any atom is -0.308 e. The lowest BCUT2D eigenvalue weighted by Gasteiger charge is -2.16. The molecule has 3 nitrogen and oxygen atoms in total. The van der Waals surface area contributed by atoms with Crippen LogP contribution in [0.4, 0.5) is 11.4 Å². The molecule has 0 spiro atoms. The summed E-state index contributed by atoms with van der Waals surface area (Å²) in [7, 11) is 0. The summed E-state index contributed by atoms with van der Waals surface area (Å²) < 4.78 is 2.49. The van der Waals surface area contributed by atoms with Gasteiger partial charge in [0.15, 0.2) is 11.4 Å². The first-order chi connectivity index (χ1) is 24.2. The fourth-order valence-corrected chi connectivity index (χ4v) is 8.11. The summed E-state index contributed by atoms with van der Waals surface area (Å²) in [4.78, 5) is 7.32. The lowest BCUT2D eigenvalue weighted by atomic mass is 9.90. The van der Waals surface area contributed by atoms with Gasteiger partial charge in [0.05, 0.1) is 24.2 Å². The molecule has 10 rings (SSSR count). The third-order valence-electron chi connectivity index (χ3n) is 10.1. The Morgan fingerprint density at radius 2 is 0.796 bits per heavy atom. The average molecular weight is 620 g/mol. The maximum Gasteiger partial charge on any atom is 0.177 e. The van der Waals surface area contributed by atoms with Crippen LogP contribution >= 0.6 is 0 Å². The predicted molar refractivity (Wildman–Crippen MR) is 206 cm³/mol. The molecule has 0 atom stereocenters. The smallest absolute Gasteiger partial charge is 0.177 e. The zero-order valence-electron chi connectivity index (χ0n) is 26.3. The van der Waals surface area contributed by atoms with Crippen LogP contribution < -0.4 is 0 Å². The summed E-state index contributed by atoms with van der Waals surface area (Å²) in [6, 6.07) is 53.7. The molecular formula is C46H25N3. The summed E-state index contributed by atoms with van der Waals surface area (Å²) >= 11 is 0. The molecule has 1 aromatic heterocycles. The molecule has 0 saturated heterocycles. The predicted octanol–water partition coefficient (Wildman–Crippen LogP) is 13.3. The van der Waals surface area contributed by atoms with Crippen molar-refractivity contribution < 1.29 is 0 Å². The van der Waals surface area contributed by atoms with E-state index in [9.17, 15) is 0 Å². The summed E-state index contributed by atoms with van der Waals surface area (Å²) in [6.07, 6.45) is 0. The second kappa shape index (κ2) is 10.3. The van der Waals surface area contributed by atoms with Crippen molar-refractivity contribution in [1.29, 1.82) is 0 Å². The number of rotatable bonds is 2. The van der Waals surface area contributed by atoms with E-state index in [0.29, 0.717) is 11.4 Å². The molecule has 0 bridgehead atoms. The van der Waals surface area contributed by atoms with E-state index >= 15 is 0 Å². The molecule has 10 aromatic rings. The van der Waals surface area contributed by atoms with Gasteiger partial charge in [-0.3, -0.25) is 0 Å². The van der Waals surface area contributed by atoms with Gasteiger partial charge in [-0.25, -0.2) is 9.69 Å². The van der Waals surface area contributed by atoms with Gasteiger partial charge in [0, 0.05) is 27.2 Å². The van der Waals surface area contributed by atoms with E-state index in [1.54, 1.807) is 6.07 Å². The molecule has 0 radical (unpaired) electrons. The quantitative estimate of drug-likeness (QED) is 0.135. The van der Waals surface area contributed by atoms with Crippen LogP contribution in [-0.2, 0) is 0 Å². The van der Waals surface area contributed by atoms with E-state index in [4.69, 9.17) is 13.1 Å². The second-order valence-electron chi connectivity index (χ2n) is 12.6. The molecule has 0 fully saturated rings. The zero-order chi connectivity index (χ0) is 32.6. The Labute approximate surface area is 282 Å². The maximum atomic E-state index is 7.64. The van der Waals surface area contributed by atoms with E-state index in [-0.39, 0.29) is 0 Å². The molecule has 9 aromatic carbocycles. The van der Waals surface area contributed by atoms with Crippen LogP contribution in [0.1, 0.15) is 0 Å². The number of hydrogen-bond donors (Lipinski definition) is 0. The van der Waals surface area contributed by atoms with Crippen LogP contribution in [-0.4, -0.2) is 4.57 Å². The fraction of sp³-hybridized carbons (Fsp3) is 0. The minimum atomic E-state index is 0.473. The van der Waals surface area contributed by atoms with Crippen molar-refractivity contribution in [1.82, 2.24) is 4.57 Å². The molecule has 0 N–H and O–H groups in total. The third-order valence-corrected chi connectivity index (χ3v) is 10.1. The Hall–Kier alpha value is -6.94. The largest absolute Gasteiger partial charge is 0.308 e. The molecule has 0 saturated carbocycles. The van der Waals surface area contributed by atoms with Gasteiger partial charge in [0.2, 0.25) is 0 Å². The summed E-state index contributed by atoms with van der Waals surface area (Å²) in [5.74, 6) is 0. The van der Waals surface area contributed by atoms with Gasteiger partial charge in [-0.05, 0) is 72.4 Å². The van der Waals surface area contributed by atoms with Crippen LogP contribution in [0.25, 0.3) is 102 Å². The van der Waals surface area contributed by atoms with Crippen molar-refractivity contribution in [2.75, 3.05) is 0 Å². The molecule has 0 unspecified atom stereocenters. The number of aromatic nitrogens is 1. The molecule has 49 heavy (non-hydrogen) atoms. The molecule has 0 aliphatic carbocycles. The lowest BCUT2D eigenvalue weighted by molar-refractivity contribution is 1.19. The van der Waals surface area contributed by atoms with Crippen molar-refractivity contribution in [2.45, 2.75) is 0 Å². The van der Waals surface area contributed by atoms with Gasteiger partial charge in [-0.2, -0.15) is 0 Å². The van der Waals surface area contributed by atoms with Crippen molar-refractivity contribution in [3.63, 3.8) is 0 Å². The van der Waals surface area contributed by atoms with Crippen molar-refractivity contribution in [2.24, 2.45) is 0 Å². The molecule has 224 valence electrons. The first-order valence-corrected chi connectivity index (χ1v) is 16.3. The number of nitrogens with zero attached hydrogens (tertiary/aromatic N) is 3. The molecule has 0 aliphatic heterocycles. The highest BCUT2D eigenvalue weighted by Crippen LogP contribution is 2.47. The Bertz CT molecular complexity index is 3080. The molecule has 1 heterocycles. The van der Waals surface area contributed by atoms with Gasteiger partial charge in [0.25, 0.3) is 0 Å². The van der Waals surface area contributed by atoms with Gasteiger partial charge in [-0.1, -0.05) is 133 Å².